The third-order valence-corrected chi connectivity index (χ3v) is 6.15. The number of thioether (sulfide) groups is 1. The monoisotopic (exact) mass is 321 g/mol. The van der Waals surface area contributed by atoms with Crippen LogP contribution in [0.25, 0.3) is 0 Å². The SMILES string of the molecule is CC(c1ccc(SC2CCCCC2)cc1)C(C)(O)CN(C)C. The van der Waals surface area contributed by atoms with Crippen LogP contribution in [0.4, 0.5) is 0 Å². The van der Waals surface area contributed by atoms with Gasteiger partial charge in [-0.15, -0.1) is 11.8 Å². The number of nitrogens with zero attached hydrogens (tertiary/aromatic N) is 1. The molecule has 0 amide bonds. The first-order valence-corrected chi connectivity index (χ1v) is 9.40. The van der Waals surface area contributed by atoms with Crippen LogP contribution in [0.5, 0.6) is 0 Å². The smallest absolute Gasteiger partial charge is 0.0811 e. The van der Waals surface area contributed by atoms with Gasteiger partial charge in [-0.3, -0.25) is 0 Å². The summed E-state index contributed by atoms with van der Waals surface area (Å²) in [6.45, 7) is 4.72. The maximum absolute atomic E-state index is 10.7. The van der Waals surface area contributed by atoms with Gasteiger partial charge in [-0.05, 0) is 51.6 Å². The minimum absolute atomic E-state index is 0.128. The van der Waals surface area contributed by atoms with E-state index in [1.54, 1.807) is 0 Å². The molecule has 0 aliphatic heterocycles. The average Bonchev–Trinajstić information content (AvgIpc) is 2.47. The second-order valence-corrected chi connectivity index (χ2v) is 8.64. The molecule has 2 unspecified atom stereocenters. The lowest BCUT2D eigenvalue weighted by molar-refractivity contribution is 0.0123. The summed E-state index contributed by atoms with van der Waals surface area (Å²) >= 11 is 2.03. The van der Waals surface area contributed by atoms with Crippen molar-refractivity contribution in [2.75, 3.05) is 20.6 Å². The van der Waals surface area contributed by atoms with Gasteiger partial charge >= 0.3 is 0 Å². The minimum Gasteiger partial charge on any atom is -0.388 e. The highest BCUT2D eigenvalue weighted by atomic mass is 32.2. The lowest BCUT2D eigenvalue weighted by atomic mass is 9.84. The zero-order valence-corrected chi connectivity index (χ0v) is 15.3. The Morgan fingerprint density at radius 2 is 1.77 bits per heavy atom. The Hall–Kier alpha value is -0.510. The molecule has 1 aliphatic carbocycles. The van der Waals surface area contributed by atoms with Crippen molar-refractivity contribution in [3.8, 4) is 0 Å². The van der Waals surface area contributed by atoms with Crippen molar-refractivity contribution in [1.29, 1.82) is 0 Å². The lowest BCUT2D eigenvalue weighted by Gasteiger charge is -2.33. The van der Waals surface area contributed by atoms with Gasteiger partial charge in [-0.2, -0.15) is 0 Å². The third-order valence-electron chi connectivity index (χ3n) is 4.80. The fourth-order valence-electron chi connectivity index (χ4n) is 3.35. The van der Waals surface area contributed by atoms with Gasteiger partial charge < -0.3 is 10.0 Å². The molecular formula is C19H31NOS. The van der Waals surface area contributed by atoms with Gasteiger partial charge in [0.1, 0.15) is 0 Å². The fraction of sp³-hybridized carbons (Fsp3) is 0.684. The van der Waals surface area contributed by atoms with Crippen LogP contribution < -0.4 is 0 Å². The summed E-state index contributed by atoms with van der Waals surface area (Å²) in [5.74, 6) is 0.128. The zero-order chi connectivity index (χ0) is 16.2. The molecule has 2 nitrogen and oxygen atoms in total. The summed E-state index contributed by atoms with van der Waals surface area (Å²) in [4.78, 5) is 3.42. The molecule has 1 aromatic rings. The van der Waals surface area contributed by atoms with Crippen LogP contribution in [0.15, 0.2) is 29.2 Å². The Bertz CT molecular complexity index is 449. The molecule has 0 aromatic heterocycles. The van der Waals surface area contributed by atoms with Crippen molar-refractivity contribution in [3.05, 3.63) is 29.8 Å². The van der Waals surface area contributed by atoms with Crippen LogP contribution in [0, 0.1) is 0 Å². The quantitative estimate of drug-likeness (QED) is 0.833. The van der Waals surface area contributed by atoms with E-state index in [9.17, 15) is 5.11 Å². The van der Waals surface area contributed by atoms with Crippen molar-refractivity contribution in [2.24, 2.45) is 0 Å². The molecule has 2 atom stereocenters. The molecule has 124 valence electrons. The molecule has 3 heteroatoms. The van der Waals surface area contributed by atoms with Crippen LogP contribution >= 0.6 is 11.8 Å². The number of aliphatic hydroxyl groups is 1. The summed E-state index contributed by atoms with van der Waals surface area (Å²) in [7, 11) is 4.01. The van der Waals surface area contributed by atoms with E-state index in [1.807, 2.05) is 37.7 Å². The molecule has 0 bridgehead atoms. The number of likely N-dealkylation sites (N-methyl/N-ethyl adjacent to an activating group) is 1. The Morgan fingerprint density at radius 3 is 2.32 bits per heavy atom. The molecule has 0 radical (unpaired) electrons. The van der Waals surface area contributed by atoms with Gasteiger partial charge in [0.05, 0.1) is 5.60 Å². The molecule has 2 rings (SSSR count). The fourth-order valence-corrected chi connectivity index (χ4v) is 4.59. The molecular weight excluding hydrogens is 290 g/mol. The summed E-state index contributed by atoms with van der Waals surface area (Å²) in [5, 5.41) is 11.5. The van der Waals surface area contributed by atoms with Gasteiger partial charge in [0.25, 0.3) is 0 Å². The van der Waals surface area contributed by atoms with Gasteiger partial charge in [0.15, 0.2) is 0 Å². The van der Waals surface area contributed by atoms with E-state index in [2.05, 4.69) is 31.2 Å². The van der Waals surface area contributed by atoms with Crippen molar-refractivity contribution in [3.63, 3.8) is 0 Å². The Morgan fingerprint density at radius 1 is 1.18 bits per heavy atom. The standard InChI is InChI=1S/C19H31NOS/c1-15(19(2,21)14-20(3)4)16-10-12-18(13-11-16)22-17-8-6-5-7-9-17/h10-13,15,17,21H,5-9,14H2,1-4H3. The van der Waals surface area contributed by atoms with Crippen LogP contribution in [-0.2, 0) is 0 Å². The predicted molar refractivity (Wildman–Crippen MR) is 96.8 cm³/mol. The molecule has 1 N–H and O–H groups in total. The maximum atomic E-state index is 10.7. The van der Waals surface area contributed by atoms with E-state index in [0.717, 1.165) is 5.25 Å². The topological polar surface area (TPSA) is 23.5 Å². The lowest BCUT2D eigenvalue weighted by Crippen LogP contribution is -2.41. The van der Waals surface area contributed by atoms with E-state index < -0.39 is 5.60 Å². The molecule has 22 heavy (non-hydrogen) atoms. The molecule has 1 aliphatic rings. The summed E-state index contributed by atoms with van der Waals surface area (Å²) in [5.41, 5.74) is 0.515. The second kappa shape index (κ2) is 7.85. The van der Waals surface area contributed by atoms with Gasteiger partial charge in [-0.1, -0.05) is 38.3 Å². The van der Waals surface area contributed by atoms with Gasteiger partial charge in [-0.25, -0.2) is 0 Å². The second-order valence-electron chi connectivity index (χ2n) is 7.26. The van der Waals surface area contributed by atoms with E-state index in [1.165, 1.54) is 42.6 Å². The largest absolute Gasteiger partial charge is 0.388 e. The van der Waals surface area contributed by atoms with E-state index in [0.29, 0.717) is 6.54 Å². The number of benzene rings is 1. The highest BCUT2D eigenvalue weighted by Gasteiger charge is 2.30. The van der Waals surface area contributed by atoms with E-state index in [4.69, 9.17) is 0 Å². The normalized spacial score (nSPS) is 20.8. The summed E-state index contributed by atoms with van der Waals surface area (Å²) < 4.78 is 0. The van der Waals surface area contributed by atoms with Crippen LogP contribution in [-0.4, -0.2) is 41.5 Å². The van der Waals surface area contributed by atoms with Crippen molar-refractivity contribution < 1.29 is 5.11 Å². The van der Waals surface area contributed by atoms with E-state index >= 15 is 0 Å². The first kappa shape index (κ1) is 17.8. The first-order chi connectivity index (χ1) is 10.4. The summed E-state index contributed by atoms with van der Waals surface area (Å²) in [6.07, 6.45) is 6.91. The van der Waals surface area contributed by atoms with Gasteiger partial charge in [0, 0.05) is 22.6 Å². The van der Waals surface area contributed by atoms with Crippen molar-refractivity contribution in [2.45, 2.75) is 67.6 Å². The van der Waals surface area contributed by atoms with Crippen molar-refractivity contribution in [1.82, 2.24) is 4.90 Å². The Labute approximate surface area is 140 Å². The zero-order valence-electron chi connectivity index (χ0n) is 14.5. The Balaban J connectivity index is 1.98. The third kappa shape index (κ3) is 5.00. The number of hydrogen-bond acceptors (Lipinski definition) is 3. The minimum atomic E-state index is -0.707. The number of rotatable bonds is 6. The van der Waals surface area contributed by atoms with Crippen LogP contribution in [0.2, 0.25) is 0 Å². The molecule has 1 saturated carbocycles. The molecule has 0 heterocycles. The first-order valence-electron chi connectivity index (χ1n) is 8.52. The van der Waals surface area contributed by atoms with E-state index in [-0.39, 0.29) is 5.92 Å². The molecule has 1 aromatic carbocycles. The highest BCUT2D eigenvalue weighted by Crippen LogP contribution is 2.35. The predicted octanol–water partition coefficient (Wildman–Crippen LogP) is 4.53. The van der Waals surface area contributed by atoms with Crippen LogP contribution in [0.1, 0.15) is 57.4 Å². The molecule has 0 saturated heterocycles. The molecule has 1 fully saturated rings. The summed E-state index contributed by atoms with van der Waals surface area (Å²) in [6, 6.07) is 8.85. The Kier molecular flexibility index (Phi) is 6.36. The highest BCUT2D eigenvalue weighted by molar-refractivity contribution is 8.00. The molecule has 0 spiro atoms. The number of hydrogen-bond donors (Lipinski definition) is 1. The average molecular weight is 322 g/mol. The maximum Gasteiger partial charge on any atom is 0.0811 e. The van der Waals surface area contributed by atoms with Gasteiger partial charge in [0.2, 0.25) is 0 Å². The van der Waals surface area contributed by atoms with Crippen LogP contribution in [0.3, 0.4) is 0 Å². The van der Waals surface area contributed by atoms with Crippen molar-refractivity contribution >= 4 is 11.8 Å².